The molecule has 0 atom stereocenters. The maximum Gasteiger partial charge on any atom is 0.0469 e. The van der Waals surface area contributed by atoms with E-state index in [-0.39, 0.29) is 0 Å². The van der Waals surface area contributed by atoms with Crippen LogP contribution in [0, 0.1) is 0 Å². The number of halogens is 1. The van der Waals surface area contributed by atoms with Crippen molar-refractivity contribution in [2.45, 2.75) is 0 Å². The molecule has 4 aromatic rings. The van der Waals surface area contributed by atoms with Gasteiger partial charge in [-0.15, -0.1) is 0 Å². The van der Waals surface area contributed by atoms with Crippen molar-refractivity contribution in [2.24, 2.45) is 0 Å². The van der Waals surface area contributed by atoms with Crippen LogP contribution in [-0.4, -0.2) is 9.97 Å². The van der Waals surface area contributed by atoms with Crippen LogP contribution in [0.15, 0.2) is 59.1 Å². The summed E-state index contributed by atoms with van der Waals surface area (Å²) in [5.74, 6) is 0. The van der Waals surface area contributed by atoms with E-state index < -0.39 is 0 Å². The van der Waals surface area contributed by atoms with Crippen molar-refractivity contribution in [2.75, 3.05) is 0 Å². The molecule has 0 aliphatic carbocycles. The normalized spacial score (nSPS) is 11.9. The van der Waals surface area contributed by atoms with Crippen molar-refractivity contribution in [3.05, 3.63) is 70.5 Å². The number of aromatic nitrogens is 2. The van der Waals surface area contributed by atoms with E-state index >= 15 is 0 Å². The lowest BCUT2D eigenvalue weighted by Crippen LogP contribution is -1.72. The van der Waals surface area contributed by atoms with Gasteiger partial charge in [-0.2, -0.15) is 0 Å². The third-order valence-corrected chi connectivity index (χ3v) is 4.09. The molecule has 0 saturated heterocycles. The molecule has 0 radical (unpaired) electrons. The van der Waals surface area contributed by atoms with E-state index in [0.717, 1.165) is 26.9 Å². The Hall–Kier alpha value is -2.26. The van der Waals surface area contributed by atoms with Gasteiger partial charge in [0.15, 0.2) is 0 Å². The average molecular weight is 337 g/mol. The third kappa shape index (κ3) is 2.41. The van der Waals surface area contributed by atoms with Crippen LogP contribution in [0.25, 0.3) is 34.0 Å². The lowest BCUT2D eigenvalue weighted by Gasteiger charge is -1.89. The van der Waals surface area contributed by atoms with Gasteiger partial charge in [0.05, 0.1) is 0 Å². The van der Waals surface area contributed by atoms with E-state index in [9.17, 15) is 0 Å². The number of hydrogen-bond donors (Lipinski definition) is 2. The Balaban J connectivity index is 1.69. The molecule has 0 bridgehead atoms. The SMILES string of the molecule is Brc1ccc2cc(C=Cc3cc4ccccc4[nH]3)[nH]c2c1. The first-order valence-electron chi connectivity index (χ1n) is 6.82. The molecule has 2 aromatic heterocycles. The fourth-order valence-electron chi connectivity index (χ4n) is 2.58. The molecule has 0 aliphatic heterocycles. The largest absolute Gasteiger partial charge is 0.355 e. The summed E-state index contributed by atoms with van der Waals surface area (Å²) in [5.41, 5.74) is 4.51. The Morgan fingerprint density at radius 2 is 1.38 bits per heavy atom. The molecule has 4 rings (SSSR count). The van der Waals surface area contributed by atoms with E-state index in [1.54, 1.807) is 0 Å². The van der Waals surface area contributed by atoms with Crippen LogP contribution in [0.3, 0.4) is 0 Å². The zero-order valence-electron chi connectivity index (χ0n) is 11.2. The summed E-state index contributed by atoms with van der Waals surface area (Å²) in [5, 5.41) is 2.45. The monoisotopic (exact) mass is 336 g/mol. The highest BCUT2D eigenvalue weighted by molar-refractivity contribution is 9.10. The Morgan fingerprint density at radius 1 is 0.714 bits per heavy atom. The van der Waals surface area contributed by atoms with Gasteiger partial charge >= 0.3 is 0 Å². The lowest BCUT2D eigenvalue weighted by atomic mass is 10.2. The maximum atomic E-state index is 3.49. The number of nitrogens with one attached hydrogen (secondary N) is 2. The quantitative estimate of drug-likeness (QED) is 0.478. The van der Waals surface area contributed by atoms with Crippen molar-refractivity contribution in [1.82, 2.24) is 9.97 Å². The maximum absolute atomic E-state index is 3.49. The second-order valence-corrected chi connectivity index (χ2v) is 6.02. The molecule has 2 N–H and O–H groups in total. The minimum atomic E-state index is 1.09. The standard InChI is InChI=1S/C18H13BrN2/c19-14-6-5-13-10-16(21-18(13)11-14)8-7-15-9-12-3-1-2-4-17(12)20-15/h1-11,20-21H. The second kappa shape index (κ2) is 4.93. The molecular formula is C18H13BrN2. The molecule has 0 spiro atoms. The molecule has 2 aromatic carbocycles. The fourth-order valence-corrected chi connectivity index (χ4v) is 2.94. The van der Waals surface area contributed by atoms with Crippen molar-refractivity contribution >= 4 is 49.9 Å². The summed E-state index contributed by atoms with van der Waals surface area (Å²) in [4.78, 5) is 6.81. The van der Waals surface area contributed by atoms with Gasteiger partial charge in [-0.25, -0.2) is 0 Å². The van der Waals surface area contributed by atoms with Crippen molar-refractivity contribution in [3.8, 4) is 0 Å². The predicted molar refractivity (Wildman–Crippen MR) is 93.2 cm³/mol. The molecule has 2 heterocycles. The topological polar surface area (TPSA) is 31.6 Å². The fraction of sp³-hybridized carbons (Fsp3) is 0. The minimum Gasteiger partial charge on any atom is -0.355 e. The number of aromatic amines is 2. The van der Waals surface area contributed by atoms with Gasteiger partial charge in [0.2, 0.25) is 0 Å². The molecule has 3 heteroatoms. The Labute approximate surface area is 130 Å². The van der Waals surface area contributed by atoms with Crippen molar-refractivity contribution in [3.63, 3.8) is 0 Å². The molecule has 102 valence electrons. The molecule has 0 aliphatic rings. The number of H-pyrrole nitrogens is 2. The first-order valence-corrected chi connectivity index (χ1v) is 7.61. The summed E-state index contributed by atoms with van der Waals surface area (Å²) in [6, 6.07) is 18.9. The summed E-state index contributed by atoms with van der Waals surface area (Å²) in [6.07, 6.45) is 4.19. The number of hydrogen-bond acceptors (Lipinski definition) is 0. The summed E-state index contributed by atoms with van der Waals surface area (Å²) < 4.78 is 1.09. The van der Waals surface area contributed by atoms with Crippen LogP contribution >= 0.6 is 15.9 Å². The minimum absolute atomic E-state index is 1.09. The van der Waals surface area contributed by atoms with Crippen LogP contribution < -0.4 is 0 Å². The first-order chi connectivity index (χ1) is 10.3. The van der Waals surface area contributed by atoms with Gasteiger partial charge in [-0.05, 0) is 47.9 Å². The van der Waals surface area contributed by atoms with Gasteiger partial charge in [0.25, 0.3) is 0 Å². The van der Waals surface area contributed by atoms with E-state index in [2.05, 4.69) is 86.6 Å². The molecule has 0 fully saturated rings. The van der Waals surface area contributed by atoms with E-state index in [1.807, 2.05) is 6.07 Å². The highest BCUT2D eigenvalue weighted by Crippen LogP contribution is 2.22. The molecule has 0 saturated carbocycles. The molecule has 0 unspecified atom stereocenters. The molecule has 0 amide bonds. The van der Waals surface area contributed by atoms with Crippen LogP contribution in [0.4, 0.5) is 0 Å². The Bertz CT molecular complexity index is 927. The summed E-state index contributed by atoms with van der Waals surface area (Å²) in [6.45, 7) is 0. The van der Waals surface area contributed by atoms with Gasteiger partial charge in [0, 0.05) is 32.3 Å². The highest BCUT2D eigenvalue weighted by Gasteiger charge is 2.00. The smallest absolute Gasteiger partial charge is 0.0469 e. The number of fused-ring (bicyclic) bond motifs is 2. The summed E-state index contributed by atoms with van der Waals surface area (Å²) in [7, 11) is 0. The van der Waals surface area contributed by atoms with E-state index in [4.69, 9.17) is 0 Å². The lowest BCUT2D eigenvalue weighted by molar-refractivity contribution is 1.41. The van der Waals surface area contributed by atoms with Crippen molar-refractivity contribution in [1.29, 1.82) is 0 Å². The van der Waals surface area contributed by atoms with Crippen LogP contribution in [0.5, 0.6) is 0 Å². The van der Waals surface area contributed by atoms with E-state index in [0.29, 0.717) is 0 Å². The van der Waals surface area contributed by atoms with E-state index in [1.165, 1.54) is 10.8 Å². The molecule has 2 nitrogen and oxygen atoms in total. The number of rotatable bonds is 2. The van der Waals surface area contributed by atoms with Crippen LogP contribution in [0.1, 0.15) is 11.4 Å². The molecular weight excluding hydrogens is 324 g/mol. The van der Waals surface area contributed by atoms with Gasteiger partial charge in [-0.1, -0.05) is 40.2 Å². The summed E-state index contributed by atoms with van der Waals surface area (Å²) >= 11 is 3.49. The predicted octanol–water partition coefficient (Wildman–Crippen LogP) is 5.58. The highest BCUT2D eigenvalue weighted by atomic mass is 79.9. The first kappa shape index (κ1) is 12.5. The van der Waals surface area contributed by atoms with Crippen molar-refractivity contribution < 1.29 is 0 Å². The Kier molecular flexibility index (Phi) is 2.93. The van der Waals surface area contributed by atoms with Gasteiger partial charge < -0.3 is 9.97 Å². The zero-order valence-corrected chi connectivity index (χ0v) is 12.8. The van der Waals surface area contributed by atoms with Crippen LogP contribution in [-0.2, 0) is 0 Å². The van der Waals surface area contributed by atoms with Gasteiger partial charge in [0.1, 0.15) is 0 Å². The number of para-hydroxylation sites is 1. The zero-order chi connectivity index (χ0) is 14.2. The average Bonchev–Trinajstić information content (AvgIpc) is 3.07. The van der Waals surface area contributed by atoms with Crippen LogP contribution in [0.2, 0.25) is 0 Å². The second-order valence-electron chi connectivity index (χ2n) is 5.10. The Morgan fingerprint density at radius 3 is 2.14 bits per heavy atom. The number of benzene rings is 2. The third-order valence-electron chi connectivity index (χ3n) is 3.60. The molecule has 21 heavy (non-hydrogen) atoms. The van der Waals surface area contributed by atoms with Gasteiger partial charge in [-0.3, -0.25) is 0 Å².